The summed E-state index contributed by atoms with van der Waals surface area (Å²) in [6, 6.07) is 3.68. The number of esters is 1. The number of halogens is 1. The third-order valence-electron chi connectivity index (χ3n) is 3.20. The fraction of sp³-hybridized carbons (Fsp3) is 0.385. The van der Waals surface area contributed by atoms with Gasteiger partial charge in [0.15, 0.2) is 6.61 Å². The van der Waals surface area contributed by atoms with Crippen LogP contribution in [0, 0.1) is 22.0 Å². The number of nitrogens with one attached hydrogen (secondary N) is 1. The summed E-state index contributed by atoms with van der Waals surface area (Å²) >= 11 is 5.83. The monoisotopic (exact) mass is 312 g/mol. The smallest absolute Gasteiger partial charge is 0.309 e. The maximum absolute atomic E-state index is 11.6. The van der Waals surface area contributed by atoms with Crippen LogP contribution in [-0.2, 0) is 14.3 Å². The quantitative estimate of drug-likeness (QED) is 0.511. The van der Waals surface area contributed by atoms with Crippen LogP contribution in [0.4, 0.5) is 11.4 Å². The molecule has 0 radical (unpaired) electrons. The Morgan fingerprint density at radius 1 is 1.52 bits per heavy atom. The van der Waals surface area contributed by atoms with Gasteiger partial charge in [0, 0.05) is 12.1 Å². The molecule has 1 aliphatic rings. The van der Waals surface area contributed by atoms with Crippen LogP contribution in [0.25, 0.3) is 0 Å². The van der Waals surface area contributed by atoms with Gasteiger partial charge in [-0.05, 0) is 18.4 Å². The van der Waals surface area contributed by atoms with Crippen LogP contribution < -0.4 is 5.32 Å². The molecule has 1 saturated carbocycles. The minimum absolute atomic E-state index is 0.0414. The van der Waals surface area contributed by atoms with Gasteiger partial charge in [-0.25, -0.2) is 0 Å². The number of non-ortho nitro benzene ring substituents is 1. The number of carbonyl (C=O) groups is 2. The van der Waals surface area contributed by atoms with Crippen molar-refractivity contribution in [2.45, 2.75) is 13.3 Å². The van der Waals surface area contributed by atoms with E-state index in [0.29, 0.717) is 5.92 Å². The Morgan fingerprint density at radius 2 is 2.19 bits per heavy atom. The summed E-state index contributed by atoms with van der Waals surface area (Å²) in [5, 5.41) is 13.0. The fourth-order valence-electron chi connectivity index (χ4n) is 1.80. The number of carbonyl (C=O) groups excluding carboxylic acids is 2. The highest BCUT2D eigenvalue weighted by Crippen LogP contribution is 2.38. The highest BCUT2D eigenvalue weighted by molar-refractivity contribution is 6.34. The zero-order valence-electron chi connectivity index (χ0n) is 11.2. The average molecular weight is 313 g/mol. The Balaban J connectivity index is 1.87. The zero-order valence-corrected chi connectivity index (χ0v) is 11.9. The molecule has 8 heteroatoms. The first-order valence-corrected chi connectivity index (χ1v) is 6.66. The molecular formula is C13H13ClN2O5. The van der Waals surface area contributed by atoms with Crippen molar-refractivity contribution in [3.63, 3.8) is 0 Å². The van der Waals surface area contributed by atoms with Crippen LogP contribution in [0.2, 0.25) is 5.02 Å². The van der Waals surface area contributed by atoms with Gasteiger partial charge in [0.05, 0.1) is 21.6 Å². The molecule has 0 aromatic heterocycles. The van der Waals surface area contributed by atoms with Gasteiger partial charge in [0.25, 0.3) is 11.6 Å². The molecule has 2 atom stereocenters. The second kappa shape index (κ2) is 6.09. The van der Waals surface area contributed by atoms with Crippen molar-refractivity contribution in [2.24, 2.45) is 11.8 Å². The number of hydrogen-bond donors (Lipinski definition) is 1. The molecule has 112 valence electrons. The predicted molar refractivity (Wildman–Crippen MR) is 75.0 cm³/mol. The molecule has 1 aromatic rings. The van der Waals surface area contributed by atoms with Gasteiger partial charge >= 0.3 is 5.97 Å². The third-order valence-corrected chi connectivity index (χ3v) is 3.51. The lowest BCUT2D eigenvalue weighted by atomic mass is 10.3. The maximum Gasteiger partial charge on any atom is 0.309 e. The Hall–Kier alpha value is -2.15. The molecule has 2 rings (SSSR count). The topological polar surface area (TPSA) is 98.5 Å². The highest BCUT2D eigenvalue weighted by atomic mass is 35.5. The number of anilines is 1. The largest absolute Gasteiger partial charge is 0.455 e. The van der Waals surface area contributed by atoms with Crippen LogP contribution in [0.15, 0.2) is 18.2 Å². The average Bonchev–Trinajstić information content (AvgIpc) is 3.15. The second-order valence-electron chi connectivity index (χ2n) is 4.90. The molecule has 0 aliphatic heterocycles. The van der Waals surface area contributed by atoms with E-state index >= 15 is 0 Å². The molecule has 1 amide bonds. The van der Waals surface area contributed by atoms with E-state index in [9.17, 15) is 19.7 Å². The normalized spacial score (nSPS) is 19.7. The highest BCUT2D eigenvalue weighted by Gasteiger charge is 2.40. The van der Waals surface area contributed by atoms with E-state index in [2.05, 4.69) is 5.32 Å². The Kier molecular flexibility index (Phi) is 4.42. The van der Waals surface area contributed by atoms with E-state index in [1.165, 1.54) is 12.1 Å². The number of benzene rings is 1. The summed E-state index contributed by atoms with van der Waals surface area (Å²) in [5.74, 6) is -0.731. The summed E-state index contributed by atoms with van der Waals surface area (Å²) < 4.78 is 4.87. The van der Waals surface area contributed by atoms with Gasteiger partial charge in [0.2, 0.25) is 0 Å². The zero-order chi connectivity index (χ0) is 15.6. The molecule has 0 heterocycles. The van der Waals surface area contributed by atoms with Crippen LogP contribution in [0.1, 0.15) is 13.3 Å². The van der Waals surface area contributed by atoms with Gasteiger partial charge in [-0.1, -0.05) is 18.5 Å². The standard InChI is InChI=1S/C13H13ClN2O5/c1-7-4-9(7)13(18)21-6-12(17)15-11-3-2-8(16(19)20)5-10(11)14/h2-3,5,7,9H,4,6H2,1H3,(H,15,17)/t7-,9-/m1/s1. The number of rotatable bonds is 5. The predicted octanol–water partition coefficient (Wildman–Crippen LogP) is 2.39. The lowest BCUT2D eigenvalue weighted by Gasteiger charge is -2.07. The van der Waals surface area contributed by atoms with Crippen molar-refractivity contribution >= 4 is 34.9 Å². The molecular weight excluding hydrogens is 300 g/mol. The first-order chi connectivity index (χ1) is 9.88. The fourth-order valence-corrected chi connectivity index (χ4v) is 2.02. The second-order valence-corrected chi connectivity index (χ2v) is 5.30. The van der Waals surface area contributed by atoms with E-state index in [1.54, 1.807) is 0 Å². The van der Waals surface area contributed by atoms with Crippen LogP contribution in [-0.4, -0.2) is 23.4 Å². The van der Waals surface area contributed by atoms with Crippen molar-refractivity contribution in [1.82, 2.24) is 0 Å². The number of nitro benzene ring substituents is 1. The first-order valence-electron chi connectivity index (χ1n) is 6.29. The van der Waals surface area contributed by atoms with E-state index < -0.39 is 17.4 Å². The summed E-state index contributed by atoms with van der Waals surface area (Å²) in [4.78, 5) is 33.1. The summed E-state index contributed by atoms with van der Waals surface area (Å²) in [6.45, 7) is 1.53. The van der Waals surface area contributed by atoms with Crippen molar-refractivity contribution in [3.8, 4) is 0 Å². The number of hydrogen-bond acceptors (Lipinski definition) is 5. The molecule has 1 N–H and O–H groups in total. The molecule has 7 nitrogen and oxygen atoms in total. The minimum atomic E-state index is -0.587. The Morgan fingerprint density at radius 3 is 2.71 bits per heavy atom. The molecule has 1 fully saturated rings. The van der Waals surface area contributed by atoms with Gasteiger partial charge in [-0.2, -0.15) is 0 Å². The van der Waals surface area contributed by atoms with Crippen molar-refractivity contribution in [3.05, 3.63) is 33.3 Å². The van der Waals surface area contributed by atoms with Crippen LogP contribution in [0.5, 0.6) is 0 Å². The van der Waals surface area contributed by atoms with E-state index in [4.69, 9.17) is 16.3 Å². The summed E-state index contributed by atoms with van der Waals surface area (Å²) in [7, 11) is 0. The van der Waals surface area contributed by atoms with Crippen molar-refractivity contribution < 1.29 is 19.2 Å². The molecule has 0 saturated heterocycles. The van der Waals surface area contributed by atoms with Gasteiger partial charge in [-0.3, -0.25) is 19.7 Å². The van der Waals surface area contributed by atoms with Crippen LogP contribution in [0.3, 0.4) is 0 Å². The van der Waals surface area contributed by atoms with Crippen molar-refractivity contribution in [1.29, 1.82) is 0 Å². The molecule has 21 heavy (non-hydrogen) atoms. The van der Waals surface area contributed by atoms with Gasteiger partial charge in [-0.15, -0.1) is 0 Å². The van der Waals surface area contributed by atoms with Crippen LogP contribution >= 0.6 is 11.6 Å². The molecule has 1 aromatic carbocycles. The first kappa shape index (κ1) is 15.2. The lowest BCUT2D eigenvalue weighted by Crippen LogP contribution is -2.21. The SMILES string of the molecule is C[C@@H]1C[C@H]1C(=O)OCC(=O)Nc1ccc([N+](=O)[O-])cc1Cl. The number of nitrogens with zero attached hydrogens (tertiary/aromatic N) is 1. The Labute approximate surface area is 125 Å². The molecule has 0 bridgehead atoms. The van der Waals surface area contributed by atoms with Crippen molar-refractivity contribution in [2.75, 3.05) is 11.9 Å². The number of nitro groups is 1. The van der Waals surface area contributed by atoms with Gasteiger partial charge in [0.1, 0.15) is 0 Å². The number of ether oxygens (including phenoxy) is 1. The minimum Gasteiger partial charge on any atom is -0.455 e. The Bertz CT molecular complexity index is 604. The summed E-state index contributed by atoms with van der Waals surface area (Å²) in [6.07, 6.45) is 0.786. The third kappa shape index (κ3) is 3.91. The van der Waals surface area contributed by atoms with Gasteiger partial charge < -0.3 is 10.1 Å². The van der Waals surface area contributed by atoms with E-state index in [-0.39, 0.29) is 28.3 Å². The molecule has 0 spiro atoms. The number of amides is 1. The van der Waals surface area contributed by atoms with E-state index in [0.717, 1.165) is 12.5 Å². The lowest BCUT2D eigenvalue weighted by molar-refractivity contribution is -0.384. The maximum atomic E-state index is 11.6. The summed E-state index contributed by atoms with van der Waals surface area (Å²) in [5.41, 5.74) is 0.0512. The van der Waals surface area contributed by atoms with E-state index in [1.807, 2.05) is 6.92 Å². The molecule has 0 unspecified atom stereocenters. The molecule has 1 aliphatic carbocycles.